The first kappa shape index (κ1) is 13.6. The predicted octanol–water partition coefficient (Wildman–Crippen LogP) is 1.07. The maximum absolute atomic E-state index is 12.2. The minimum atomic E-state index is -1.01. The quantitative estimate of drug-likeness (QED) is 0.881. The fourth-order valence-corrected chi connectivity index (χ4v) is 2.43. The van der Waals surface area contributed by atoms with Crippen LogP contribution in [0.3, 0.4) is 0 Å². The lowest BCUT2D eigenvalue weighted by Gasteiger charge is -2.23. The summed E-state index contributed by atoms with van der Waals surface area (Å²) in [4.78, 5) is 20.4. The van der Waals surface area contributed by atoms with Crippen LogP contribution in [-0.2, 0) is 0 Å². The minimum Gasteiger partial charge on any atom is -0.491 e. The third-order valence-electron chi connectivity index (χ3n) is 3.60. The first-order chi connectivity index (χ1) is 10.2. The number of nitrogens with zero attached hydrogens (tertiary/aromatic N) is 2. The summed E-state index contributed by atoms with van der Waals surface area (Å²) in [7, 11) is 0. The van der Waals surface area contributed by atoms with Crippen LogP contribution in [-0.4, -0.2) is 51.2 Å². The molecule has 2 heterocycles. The Labute approximate surface area is 122 Å². The Morgan fingerprint density at radius 1 is 1.43 bits per heavy atom. The molecule has 1 aliphatic rings. The van der Waals surface area contributed by atoms with E-state index in [0.29, 0.717) is 24.4 Å². The molecule has 6 heteroatoms. The Morgan fingerprint density at radius 3 is 2.95 bits per heavy atom. The second-order valence-electron chi connectivity index (χ2n) is 5.27. The molecule has 0 aliphatic carbocycles. The van der Waals surface area contributed by atoms with Crippen molar-refractivity contribution in [1.82, 2.24) is 14.9 Å². The number of rotatable bonds is 4. The number of para-hydroxylation sites is 1. The van der Waals surface area contributed by atoms with Crippen LogP contribution in [0.15, 0.2) is 42.9 Å². The summed E-state index contributed by atoms with van der Waals surface area (Å²) >= 11 is 0. The highest BCUT2D eigenvalue weighted by Gasteiger charge is 2.39. The SMILES string of the molecule is O=C(c1cnc[nH]1)N1CC[C@@](O)(COc2ccccc2)C1. The van der Waals surface area contributed by atoms with Crippen molar-refractivity contribution in [2.45, 2.75) is 12.0 Å². The molecule has 1 atom stereocenters. The third kappa shape index (κ3) is 3.05. The zero-order valence-corrected chi connectivity index (χ0v) is 11.5. The first-order valence-electron chi connectivity index (χ1n) is 6.84. The molecule has 3 rings (SSSR count). The fourth-order valence-electron chi connectivity index (χ4n) is 2.43. The molecule has 1 aromatic carbocycles. The van der Waals surface area contributed by atoms with E-state index in [9.17, 15) is 9.90 Å². The van der Waals surface area contributed by atoms with Gasteiger partial charge in [0.05, 0.1) is 19.1 Å². The molecule has 2 N–H and O–H groups in total. The molecule has 110 valence electrons. The molecule has 0 radical (unpaired) electrons. The smallest absolute Gasteiger partial charge is 0.272 e. The van der Waals surface area contributed by atoms with Crippen molar-refractivity contribution in [2.75, 3.05) is 19.7 Å². The second-order valence-corrected chi connectivity index (χ2v) is 5.27. The van der Waals surface area contributed by atoms with Crippen molar-refractivity contribution in [2.24, 2.45) is 0 Å². The molecule has 1 amide bonds. The van der Waals surface area contributed by atoms with Crippen molar-refractivity contribution >= 4 is 5.91 Å². The number of amides is 1. The molecule has 0 spiro atoms. The monoisotopic (exact) mass is 287 g/mol. The van der Waals surface area contributed by atoms with Gasteiger partial charge in [-0.25, -0.2) is 4.98 Å². The van der Waals surface area contributed by atoms with E-state index in [-0.39, 0.29) is 19.1 Å². The summed E-state index contributed by atoms with van der Waals surface area (Å²) in [6.45, 7) is 0.938. The van der Waals surface area contributed by atoms with Crippen LogP contribution in [0.1, 0.15) is 16.9 Å². The summed E-state index contributed by atoms with van der Waals surface area (Å²) in [5, 5.41) is 10.5. The zero-order chi connectivity index (χ0) is 14.7. The summed E-state index contributed by atoms with van der Waals surface area (Å²) in [5.74, 6) is 0.562. The standard InChI is InChI=1S/C15H17N3O3/c19-14(13-8-16-11-17-13)18-7-6-15(20,9-18)10-21-12-4-2-1-3-5-12/h1-5,8,11,20H,6-7,9-10H2,(H,16,17)/t15-/m0/s1. The van der Waals surface area contributed by atoms with Crippen LogP contribution < -0.4 is 4.74 Å². The predicted molar refractivity (Wildman–Crippen MR) is 76.0 cm³/mol. The first-order valence-corrected chi connectivity index (χ1v) is 6.84. The van der Waals surface area contributed by atoms with Crippen molar-refractivity contribution in [3.8, 4) is 5.75 Å². The van der Waals surface area contributed by atoms with Crippen LogP contribution in [0.4, 0.5) is 0 Å². The molecular formula is C15H17N3O3. The van der Waals surface area contributed by atoms with E-state index in [1.165, 1.54) is 12.5 Å². The summed E-state index contributed by atoms with van der Waals surface area (Å²) < 4.78 is 5.60. The molecule has 1 fully saturated rings. The van der Waals surface area contributed by atoms with E-state index in [2.05, 4.69) is 9.97 Å². The second kappa shape index (κ2) is 5.57. The van der Waals surface area contributed by atoms with Gasteiger partial charge in [-0.2, -0.15) is 0 Å². The lowest BCUT2D eigenvalue weighted by Crippen LogP contribution is -2.40. The van der Waals surface area contributed by atoms with E-state index in [4.69, 9.17) is 4.74 Å². The van der Waals surface area contributed by atoms with Crippen LogP contribution in [0.2, 0.25) is 0 Å². The molecule has 6 nitrogen and oxygen atoms in total. The Hall–Kier alpha value is -2.34. The summed E-state index contributed by atoms with van der Waals surface area (Å²) in [6.07, 6.45) is 3.45. The Morgan fingerprint density at radius 2 is 2.24 bits per heavy atom. The minimum absolute atomic E-state index is 0.150. The molecule has 21 heavy (non-hydrogen) atoms. The van der Waals surface area contributed by atoms with Crippen LogP contribution in [0, 0.1) is 0 Å². The van der Waals surface area contributed by atoms with E-state index in [1.54, 1.807) is 4.90 Å². The maximum atomic E-state index is 12.2. The average molecular weight is 287 g/mol. The number of benzene rings is 1. The Balaban J connectivity index is 1.59. The molecule has 0 saturated carbocycles. The number of carbonyl (C=O) groups excluding carboxylic acids is 1. The number of aliphatic hydroxyl groups is 1. The Bertz CT molecular complexity index is 600. The van der Waals surface area contributed by atoms with Gasteiger partial charge >= 0.3 is 0 Å². The van der Waals surface area contributed by atoms with Gasteiger partial charge in [-0.3, -0.25) is 4.79 Å². The highest BCUT2D eigenvalue weighted by molar-refractivity contribution is 5.92. The molecular weight excluding hydrogens is 270 g/mol. The lowest BCUT2D eigenvalue weighted by atomic mass is 10.1. The van der Waals surface area contributed by atoms with E-state index in [1.807, 2.05) is 30.3 Å². The van der Waals surface area contributed by atoms with Crippen molar-refractivity contribution in [3.63, 3.8) is 0 Å². The van der Waals surface area contributed by atoms with E-state index < -0.39 is 5.60 Å². The number of likely N-dealkylation sites (tertiary alicyclic amines) is 1. The van der Waals surface area contributed by atoms with Gasteiger partial charge in [-0.05, 0) is 18.6 Å². The van der Waals surface area contributed by atoms with Gasteiger partial charge in [-0.15, -0.1) is 0 Å². The maximum Gasteiger partial charge on any atom is 0.272 e. The van der Waals surface area contributed by atoms with E-state index in [0.717, 1.165) is 0 Å². The van der Waals surface area contributed by atoms with Crippen molar-refractivity contribution in [3.05, 3.63) is 48.5 Å². The molecule has 0 bridgehead atoms. The number of ether oxygens (including phenoxy) is 1. The van der Waals surface area contributed by atoms with Crippen LogP contribution in [0.5, 0.6) is 5.75 Å². The number of β-amino-alcohol motifs (C(OH)–C–C–N with tert-alkyl or cyclic N) is 1. The lowest BCUT2D eigenvalue weighted by molar-refractivity contribution is 0.00426. The fraction of sp³-hybridized carbons (Fsp3) is 0.333. The van der Waals surface area contributed by atoms with Gasteiger partial charge in [-0.1, -0.05) is 18.2 Å². The molecule has 0 unspecified atom stereocenters. The Kier molecular flexibility index (Phi) is 3.62. The number of aromatic amines is 1. The molecule has 1 aliphatic heterocycles. The number of nitrogens with one attached hydrogen (secondary N) is 1. The zero-order valence-electron chi connectivity index (χ0n) is 11.5. The average Bonchev–Trinajstić information content (AvgIpc) is 3.16. The van der Waals surface area contributed by atoms with Gasteiger partial charge in [0.1, 0.15) is 23.7 Å². The van der Waals surface area contributed by atoms with Gasteiger partial charge in [0.25, 0.3) is 5.91 Å². The van der Waals surface area contributed by atoms with Crippen molar-refractivity contribution in [1.29, 1.82) is 0 Å². The summed E-state index contributed by atoms with van der Waals surface area (Å²) in [5.41, 5.74) is -0.575. The highest BCUT2D eigenvalue weighted by Crippen LogP contribution is 2.24. The van der Waals surface area contributed by atoms with E-state index >= 15 is 0 Å². The highest BCUT2D eigenvalue weighted by atomic mass is 16.5. The molecule has 1 aromatic heterocycles. The van der Waals surface area contributed by atoms with Gasteiger partial charge in [0.15, 0.2) is 0 Å². The number of hydrogen-bond acceptors (Lipinski definition) is 4. The topological polar surface area (TPSA) is 78.5 Å². The number of imidazole rings is 1. The van der Waals surface area contributed by atoms with Gasteiger partial charge in [0, 0.05) is 6.54 Å². The molecule has 1 saturated heterocycles. The number of aromatic nitrogens is 2. The third-order valence-corrected chi connectivity index (χ3v) is 3.60. The number of carbonyl (C=O) groups is 1. The van der Waals surface area contributed by atoms with Gasteiger partial charge in [0.2, 0.25) is 0 Å². The van der Waals surface area contributed by atoms with Crippen molar-refractivity contribution < 1.29 is 14.6 Å². The largest absolute Gasteiger partial charge is 0.491 e. The van der Waals surface area contributed by atoms with Crippen LogP contribution >= 0.6 is 0 Å². The number of hydrogen-bond donors (Lipinski definition) is 2. The number of H-pyrrole nitrogens is 1. The molecule has 2 aromatic rings. The van der Waals surface area contributed by atoms with Crippen LogP contribution in [0.25, 0.3) is 0 Å². The van der Waals surface area contributed by atoms with Gasteiger partial charge < -0.3 is 19.7 Å². The summed E-state index contributed by atoms with van der Waals surface area (Å²) in [6, 6.07) is 9.34. The normalized spacial score (nSPS) is 21.5.